The molecule has 0 bridgehead atoms. The van der Waals surface area contributed by atoms with Crippen molar-refractivity contribution >= 4 is 6.09 Å². The van der Waals surface area contributed by atoms with Gasteiger partial charge in [-0.3, -0.25) is 0 Å². The summed E-state index contributed by atoms with van der Waals surface area (Å²) in [5.74, 6) is 1.47. The van der Waals surface area contributed by atoms with E-state index in [9.17, 15) is 4.79 Å². The summed E-state index contributed by atoms with van der Waals surface area (Å²) in [5, 5.41) is 2.66. The lowest BCUT2D eigenvalue weighted by atomic mass is 10.1. The highest BCUT2D eigenvalue weighted by Crippen LogP contribution is 2.22. The summed E-state index contributed by atoms with van der Waals surface area (Å²) >= 11 is 0. The molecule has 0 aliphatic carbocycles. The summed E-state index contributed by atoms with van der Waals surface area (Å²) in [5.41, 5.74) is 1.03. The fraction of sp³-hybridized carbons (Fsp3) is 0.462. The van der Waals surface area contributed by atoms with Gasteiger partial charge < -0.3 is 19.5 Å². The number of benzene rings is 1. The Morgan fingerprint density at radius 3 is 2.28 bits per heavy atom. The van der Waals surface area contributed by atoms with Crippen molar-refractivity contribution in [3.05, 3.63) is 23.8 Å². The van der Waals surface area contributed by atoms with Crippen LogP contribution < -0.4 is 14.8 Å². The molecule has 1 N–H and O–H groups in total. The van der Waals surface area contributed by atoms with Gasteiger partial charge in [-0.2, -0.15) is 0 Å². The Bertz CT molecular complexity index is 370. The summed E-state index contributed by atoms with van der Waals surface area (Å²) < 4.78 is 15.1. The van der Waals surface area contributed by atoms with Crippen molar-refractivity contribution in [3.8, 4) is 11.5 Å². The highest BCUT2D eigenvalue weighted by Gasteiger charge is 2.03. The molecular weight excluding hydrogens is 234 g/mol. The molecular formula is C13H19NO4. The lowest BCUT2D eigenvalue weighted by Crippen LogP contribution is -2.26. The summed E-state index contributed by atoms with van der Waals surface area (Å²) in [4.78, 5) is 11.1. The van der Waals surface area contributed by atoms with E-state index >= 15 is 0 Å². The van der Waals surface area contributed by atoms with Crippen LogP contribution in [0.3, 0.4) is 0 Å². The van der Waals surface area contributed by atoms with E-state index in [0.29, 0.717) is 19.6 Å². The van der Waals surface area contributed by atoms with E-state index in [1.165, 1.54) is 0 Å². The Hall–Kier alpha value is -1.91. The smallest absolute Gasteiger partial charge is 0.407 e. The fourth-order valence-corrected chi connectivity index (χ4v) is 1.50. The number of ether oxygens (including phenoxy) is 3. The van der Waals surface area contributed by atoms with Crippen molar-refractivity contribution in [3.63, 3.8) is 0 Å². The maximum Gasteiger partial charge on any atom is 0.407 e. The molecule has 1 amide bonds. The zero-order chi connectivity index (χ0) is 13.4. The molecule has 0 heterocycles. The van der Waals surface area contributed by atoms with Gasteiger partial charge in [-0.25, -0.2) is 4.79 Å². The van der Waals surface area contributed by atoms with Crippen LogP contribution in [-0.4, -0.2) is 33.5 Å². The molecule has 0 saturated heterocycles. The summed E-state index contributed by atoms with van der Waals surface area (Å²) in [6.45, 7) is 2.65. The molecule has 1 aromatic carbocycles. The predicted octanol–water partition coefficient (Wildman–Crippen LogP) is 1.99. The first kappa shape index (κ1) is 14.2. The molecule has 0 aromatic heterocycles. The summed E-state index contributed by atoms with van der Waals surface area (Å²) in [6.07, 6.45) is 0.291. The Kier molecular flexibility index (Phi) is 5.84. The molecule has 100 valence electrons. The normalized spacial score (nSPS) is 9.72. The van der Waals surface area contributed by atoms with E-state index in [2.05, 4.69) is 5.32 Å². The molecule has 0 atom stereocenters. The molecule has 0 fully saturated rings. The number of carbonyl (C=O) groups is 1. The number of hydrogen-bond acceptors (Lipinski definition) is 4. The second-order valence-corrected chi connectivity index (χ2v) is 3.62. The zero-order valence-corrected chi connectivity index (χ0v) is 11.0. The van der Waals surface area contributed by atoms with Crippen molar-refractivity contribution in [2.75, 3.05) is 27.4 Å². The van der Waals surface area contributed by atoms with Crippen LogP contribution >= 0.6 is 0 Å². The van der Waals surface area contributed by atoms with Gasteiger partial charge in [0.05, 0.1) is 20.8 Å². The number of nitrogens with one attached hydrogen (secondary N) is 1. The van der Waals surface area contributed by atoms with Gasteiger partial charge in [0.2, 0.25) is 0 Å². The van der Waals surface area contributed by atoms with Gasteiger partial charge in [-0.15, -0.1) is 0 Å². The zero-order valence-electron chi connectivity index (χ0n) is 11.0. The first-order valence-electron chi connectivity index (χ1n) is 5.82. The third kappa shape index (κ3) is 4.53. The van der Waals surface area contributed by atoms with Crippen LogP contribution in [-0.2, 0) is 11.2 Å². The number of alkyl carbamates (subject to hydrolysis) is 1. The molecule has 1 aromatic rings. The van der Waals surface area contributed by atoms with Crippen LogP contribution in [0.5, 0.6) is 11.5 Å². The van der Waals surface area contributed by atoms with Gasteiger partial charge in [0.25, 0.3) is 0 Å². The second kappa shape index (κ2) is 7.42. The average Bonchev–Trinajstić information content (AvgIpc) is 2.38. The maximum absolute atomic E-state index is 11.1. The van der Waals surface area contributed by atoms with Crippen LogP contribution in [0.4, 0.5) is 4.79 Å². The van der Waals surface area contributed by atoms with E-state index in [1.807, 2.05) is 18.2 Å². The largest absolute Gasteiger partial charge is 0.497 e. The van der Waals surface area contributed by atoms with Crippen molar-refractivity contribution in [1.82, 2.24) is 5.32 Å². The van der Waals surface area contributed by atoms with Gasteiger partial charge in [-0.05, 0) is 31.0 Å². The molecule has 0 aliphatic heterocycles. The standard InChI is InChI=1S/C13H19NO4/c1-4-18-13(15)14-6-5-10-7-11(16-2)9-12(8-10)17-3/h7-9H,4-6H2,1-3H3,(H,14,15). The SMILES string of the molecule is CCOC(=O)NCCc1cc(OC)cc(OC)c1. The molecule has 0 aliphatic rings. The van der Waals surface area contributed by atoms with E-state index in [-0.39, 0.29) is 0 Å². The molecule has 0 unspecified atom stereocenters. The highest BCUT2D eigenvalue weighted by molar-refractivity contribution is 5.67. The predicted molar refractivity (Wildman–Crippen MR) is 68.3 cm³/mol. The first-order valence-corrected chi connectivity index (χ1v) is 5.82. The molecule has 18 heavy (non-hydrogen) atoms. The van der Waals surface area contributed by atoms with Gasteiger partial charge in [0.1, 0.15) is 11.5 Å². The lowest BCUT2D eigenvalue weighted by molar-refractivity contribution is 0.152. The minimum atomic E-state index is -0.396. The fourth-order valence-electron chi connectivity index (χ4n) is 1.50. The topological polar surface area (TPSA) is 56.8 Å². The van der Waals surface area contributed by atoms with Crippen molar-refractivity contribution < 1.29 is 19.0 Å². The van der Waals surface area contributed by atoms with Crippen molar-refractivity contribution in [1.29, 1.82) is 0 Å². The number of amides is 1. The monoisotopic (exact) mass is 253 g/mol. The first-order chi connectivity index (χ1) is 8.69. The van der Waals surface area contributed by atoms with Crippen LogP contribution in [0.25, 0.3) is 0 Å². The number of rotatable bonds is 6. The molecule has 0 radical (unpaired) electrons. The van der Waals surface area contributed by atoms with Gasteiger partial charge >= 0.3 is 6.09 Å². The second-order valence-electron chi connectivity index (χ2n) is 3.62. The van der Waals surface area contributed by atoms with Crippen LogP contribution in [0.2, 0.25) is 0 Å². The molecule has 5 nitrogen and oxygen atoms in total. The quantitative estimate of drug-likeness (QED) is 0.842. The van der Waals surface area contributed by atoms with Crippen LogP contribution in [0, 0.1) is 0 Å². The third-order valence-electron chi connectivity index (χ3n) is 2.37. The number of hydrogen-bond donors (Lipinski definition) is 1. The number of carbonyl (C=O) groups excluding carboxylic acids is 1. The summed E-state index contributed by atoms with van der Waals surface area (Å²) in [7, 11) is 3.21. The Balaban J connectivity index is 2.53. The lowest BCUT2D eigenvalue weighted by Gasteiger charge is -2.09. The molecule has 1 rings (SSSR count). The van der Waals surface area contributed by atoms with Crippen molar-refractivity contribution in [2.24, 2.45) is 0 Å². The maximum atomic E-state index is 11.1. The Morgan fingerprint density at radius 1 is 1.17 bits per heavy atom. The minimum Gasteiger partial charge on any atom is -0.497 e. The third-order valence-corrected chi connectivity index (χ3v) is 2.37. The Morgan fingerprint density at radius 2 is 1.78 bits per heavy atom. The van der Waals surface area contributed by atoms with Gasteiger partial charge in [-0.1, -0.05) is 0 Å². The summed E-state index contributed by atoms with van der Waals surface area (Å²) in [6, 6.07) is 5.63. The van der Waals surface area contributed by atoms with E-state index < -0.39 is 6.09 Å². The van der Waals surface area contributed by atoms with E-state index in [4.69, 9.17) is 14.2 Å². The van der Waals surface area contributed by atoms with Gasteiger partial charge in [0.15, 0.2) is 0 Å². The van der Waals surface area contributed by atoms with Crippen LogP contribution in [0.15, 0.2) is 18.2 Å². The molecule has 5 heteroatoms. The average molecular weight is 253 g/mol. The van der Waals surface area contributed by atoms with Gasteiger partial charge in [0, 0.05) is 12.6 Å². The molecule has 0 spiro atoms. The molecule has 0 saturated carbocycles. The van der Waals surface area contributed by atoms with Crippen molar-refractivity contribution in [2.45, 2.75) is 13.3 Å². The number of methoxy groups -OCH3 is 2. The highest BCUT2D eigenvalue weighted by atomic mass is 16.5. The minimum absolute atomic E-state index is 0.374. The van der Waals surface area contributed by atoms with E-state index in [0.717, 1.165) is 17.1 Å². The van der Waals surface area contributed by atoms with E-state index in [1.54, 1.807) is 21.1 Å². The Labute approximate surface area is 107 Å². The van der Waals surface area contributed by atoms with Crippen LogP contribution in [0.1, 0.15) is 12.5 Å².